The molecule has 10 heteroatoms. The summed E-state index contributed by atoms with van der Waals surface area (Å²) in [6.07, 6.45) is 7.95. The van der Waals surface area contributed by atoms with Gasteiger partial charge in [-0.05, 0) is 56.4 Å². The van der Waals surface area contributed by atoms with Gasteiger partial charge in [0, 0.05) is 50.9 Å². The highest BCUT2D eigenvalue weighted by Crippen LogP contribution is 2.38. The van der Waals surface area contributed by atoms with Crippen molar-refractivity contribution >= 4 is 17.6 Å². The molecule has 2 aliphatic heterocycles. The van der Waals surface area contributed by atoms with Gasteiger partial charge in [0.05, 0.1) is 18.4 Å². The second-order valence-corrected chi connectivity index (χ2v) is 11.7. The van der Waals surface area contributed by atoms with Gasteiger partial charge in [-0.3, -0.25) is 9.59 Å². The number of carbonyl (C=O) groups is 2. The van der Waals surface area contributed by atoms with E-state index < -0.39 is 0 Å². The van der Waals surface area contributed by atoms with Crippen LogP contribution >= 0.6 is 0 Å². The number of rotatable bonds is 4. The molecule has 0 saturated carbocycles. The summed E-state index contributed by atoms with van der Waals surface area (Å²) in [5.74, 6) is 2.22. The van der Waals surface area contributed by atoms with Crippen molar-refractivity contribution in [3.63, 3.8) is 0 Å². The zero-order valence-corrected chi connectivity index (χ0v) is 25.1. The number of piperidine rings is 1. The number of ether oxygens (including phenoxy) is 1. The molecule has 1 fully saturated rings. The third-order valence-corrected chi connectivity index (χ3v) is 8.77. The van der Waals surface area contributed by atoms with Gasteiger partial charge in [-0.1, -0.05) is 42.5 Å². The van der Waals surface area contributed by atoms with Crippen molar-refractivity contribution < 1.29 is 18.7 Å². The van der Waals surface area contributed by atoms with Gasteiger partial charge in [0.15, 0.2) is 6.39 Å². The van der Waals surface area contributed by atoms with E-state index in [0.29, 0.717) is 56.5 Å². The SMILES string of the molecule is Cc1nccc(N2CCCC3(CCN(C(=O)c4cnco4)CC3)COc3ccccc3C(=O)N(Cc3ccccc3)CC2)n1. The number of hydrogen-bond acceptors (Lipinski definition) is 8. The standard InChI is InChI=1S/C34H38N6O4/c1-26-36-16-12-31(37-26)38-17-7-13-34(14-18-39(19-15-34)33(42)30-22-35-25-44-30)24-43-29-11-6-5-10-28(29)32(41)40(21-20-38)23-27-8-3-2-4-9-27/h2-6,8-12,16,22,25H,7,13-15,17-21,23-24H2,1H3. The Hall–Kier alpha value is -4.73. The molecular formula is C34H38N6O4. The maximum atomic E-state index is 14.2. The lowest BCUT2D eigenvalue weighted by Gasteiger charge is -2.42. The number of fused-ring (bicyclic) bond motifs is 1. The van der Waals surface area contributed by atoms with Gasteiger partial charge < -0.3 is 23.9 Å². The number of nitrogens with zero attached hydrogens (tertiary/aromatic N) is 6. The quantitative estimate of drug-likeness (QED) is 0.325. The van der Waals surface area contributed by atoms with E-state index in [1.54, 1.807) is 6.20 Å². The molecule has 10 nitrogen and oxygen atoms in total. The number of aromatic nitrogens is 3. The number of amides is 2. The fraction of sp³-hybridized carbons (Fsp3) is 0.382. The molecule has 0 aliphatic carbocycles. The van der Waals surface area contributed by atoms with E-state index in [1.807, 2.05) is 77.4 Å². The van der Waals surface area contributed by atoms with Crippen LogP contribution in [0.15, 0.2) is 83.9 Å². The van der Waals surface area contributed by atoms with Crippen molar-refractivity contribution in [2.75, 3.05) is 44.2 Å². The topological polar surface area (TPSA) is 105 Å². The van der Waals surface area contributed by atoms with Crippen LogP contribution in [0.4, 0.5) is 5.82 Å². The number of likely N-dealkylation sites (tertiary alicyclic amines) is 1. The minimum atomic E-state index is -0.153. The number of anilines is 1. The molecule has 0 atom stereocenters. The van der Waals surface area contributed by atoms with Gasteiger partial charge >= 0.3 is 0 Å². The molecule has 228 valence electrons. The zero-order chi connectivity index (χ0) is 30.4. The molecule has 0 bridgehead atoms. The predicted molar refractivity (Wildman–Crippen MR) is 165 cm³/mol. The molecule has 1 spiro atoms. The zero-order valence-electron chi connectivity index (χ0n) is 25.1. The lowest BCUT2D eigenvalue weighted by molar-refractivity contribution is 0.0345. The van der Waals surface area contributed by atoms with Crippen LogP contribution in [-0.2, 0) is 6.54 Å². The van der Waals surface area contributed by atoms with Crippen LogP contribution in [0.3, 0.4) is 0 Å². The van der Waals surface area contributed by atoms with E-state index >= 15 is 0 Å². The molecule has 0 unspecified atom stereocenters. The Balaban J connectivity index is 1.29. The van der Waals surface area contributed by atoms with Gasteiger partial charge in [-0.15, -0.1) is 0 Å². The minimum absolute atomic E-state index is 0.0657. The second-order valence-electron chi connectivity index (χ2n) is 11.7. The number of para-hydroxylation sites is 1. The Labute approximate surface area is 257 Å². The molecule has 0 N–H and O–H groups in total. The average Bonchev–Trinajstić information content (AvgIpc) is 3.60. The average molecular weight is 595 g/mol. The molecule has 44 heavy (non-hydrogen) atoms. The Bertz CT molecular complexity index is 1550. The molecule has 2 aromatic carbocycles. The first-order valence-corrected chi connectivity index (χ1v) is 15.3. The fourth-order valence-electron chi connectivity index (χ4n) is 6.20. The predicted octanol–water partition coefficient (Wildman–Crippen LogP) is 5.02. The van der Waals surface area contributed by atoms with E-state index in [4.69, 9.17) is 14.1 Å². The molecule has 1 saturated heterocycles. The van der Waals surface area contributed by atoms with Crippen molar-refractivity contribution in [2.24, 2.45) is 5.41 Å². The van der Waals surface area contributed by atoms with E-state index in [0.717, 1.165) is 43.6 Å². The van der Waals surface area contributed by atoms with Gasteiger partial charge in [0.1, 0.15) is 17.4 Å². The maximum Gasteiger partial charge on any atom is 0.291 e. The van der Waals surface area contributed by atoms with Crippen LogP contribution in [-0.4, -0.2) is 75.9 Å². The summed E-state index contributed by atoms with van der Waals surface area (Å²) in [6, 6.07) is 19.6. The number of aryl methyl sites for hydroxylation is 1. The summed E-state index contributed by atoms with van der Waals surface area (Å²) in [7, 11) is 0. The molecule has 4 aromatic rings. The Kier molecular flexibility index (Phi) is 8.86. The molecule has 2 aromatic heterocycles. The van der Waals surface area contributed by atoms with E-state index in [2.05, 4.69) is 14.9 Å². The first-order valence-electron chi connectivity index (χ1n) is 15.3. The van der Waals surface area contributed by atoms with Crippen molar-refractivity contribution in [1.29, 1.82) is 0 Å². The summed E-state index contributed by atoms with van der Waals surface area (Å²) in [5, 5.41) is 0. The third-order valence-electron chi connectivity index (χ3n) is 8.77. The van der Waals surface area contributed by atoms with Crippen LogP contribution in [0, 0.1) is 12.3 Å². The van der Waals surface area contributed by atoms with Crippen molar-refractivity contribution in [1.82, 2.24) is 24.8 Å². The molecule has 0 radical (unpaired) electrons. The van der Waals surface area contributed by atoms with Crippen LogP contribution in [0.25, 0.3) is 0 Å². The van der Waals surface area contributed by atoms with Crippen LogP contribution < -0.4 is 9.64 Å². The van der Waals surface area contributed by atoms with Crippen molar-refractivity contribution in [2.45, 2.75) is 39.2 Å². The van der Waals surface area contributed by atoms with Gasteiger partial charge in [0.25, 0.3) is 11.8 Å². The third kappa shape index (κ3) is 6.74. The van der Waals surface area contributed by atoms with E-state index in [-0.39, 0.29) is 23.0 Å². The summed E-state index contributed by atoms with van der Waals surface area (Å²) >= 11 is 0. The van der Waals surface area contributed by atoms with Crippen molar-refractivity contribution in [3.8, 4) is 5.75 Å². The minimum Gasteiger partial charge on any atom is -0.492 e. The monoisotopic (exact) mass is 594 g/mol. The summed E-state index contributed by atoms with van der Waals surface area (Å²) in [6.45, 7) is 5.98. The Morgan fingerprint density at radius 1 is 0.932 bits per heavy atom. The lowest BCUT2D eigenvalue weighted by Crippen LogP contribution is -2.45. The second kappa shape index (κ2) is 13.3. The normalized spacial score (nSPS) is 17.7. The highest BCUT2D eigenvalue weighted by molar-refractivity contribution is 5.97. The fourth-order valence-corrected chi connectivity index (χ4v) is 6.20. The number of benzene rings is 2. The summed E-state index contributed by atoms with van der Waals surface area (Å²) in [4.78, 5) is 46.1. The first-order chi connectivity index (χ1) is 21.5. The lowest BCUT2D eigenvalue weighted by atomic mass is 9.75. The number of oxazole rings is 1. The van der Waals surface area contributed by atoms with Gasteiger partial charge in [-0.2, -0.15) is 0 Å². The highest BCUT2D eigenvalue weighted by atomic mass is 16.5. The highest BCUT2D eigenvalue weighted by Gasteiger charge is 2.38. The summed E-state index contributed by atoms with van der Waals surface area (Å²) in [5.41, 5.74) is 1.47. The summed E-state index contributed by atoms with van der Waals surface area (Å²) < 4.78 is 11.8. The Morgan fingerprint density at radius 2 is 1.73 bits per heavy atom. The number of hydrogen-bond donors (Lipinski definition) is 0. The molecular weight excluding hydrogens is 556 g/mol. The molecule has 4 heterocycles. The van der Waals surface area contributed by atoms with Crippen LogP contribution in [0.2, 0.25) is 0 Å². The van der Waals surface area contributed by atoms with Crippen LogP contribution in [0.5, 0.6) is 5.75 Å². The van der Waals surface area contributed by atoms with Gasteiger partial charge in [0.2, 0.25) is 5.76 Å². The number of carbonyl (C=O) groups excluding carboxylic acids is 2. The van der Waals surface area contributed by atoms with E-state index in [9.17, 15) is 9.59 Å². The van der Waals surface area contributed by atoms with Crippen LogP contribution in [0.1, 0.15) is 58.0 Å². The van der Waals surface area contributed by atoms with Gasteiger partial charge in [-0.25, -0.2) is 15.0 Å². The molecule has 2 amide bonds. The molecule has 2 aliphatic rings. The first kappa shape index (κ1) is 29.3. The largest absolute Gasteiger partial charge is 0.492 e. The Morgan fingerprint density at radius 3 is 2.50 bits per heavy atom. The smallest absolute Gasteiger partial charge is 0.291 e. The maximum absolute atomic E-state index is 14.2. The molecule has 6 rings (SSSR count). The van der Waals surface area contributed by atoms with E-state index in [1.165, 1.54) is 12.6 Å². The van der Waals surface area contributed by atoms with Crippen molar-refractivity contribution in [3.05, 3.63) is 102 Å².